The fourth-order valence-corrected chi connectivity index (χ4v) is 9.65. The lowest BCUT2D eigenvalue weighted by Gasteiger charge is -2.46. The Hall–Kier alpha value is -7.23. The Morgan fingerprint density at radius 3 is 1.16 bits per heavy atom. The van der Waals surface area contributed by atoms with Gasteiger partial charge in [0.05, 0.1) is 5.41 Å². The van der Waals surface area contributed by atoms with E-state index in [-0.39, 0.29) is 5.41 Å². The minimum atomic E-state index is -0.502. The molecule has 0 aliphatic heterocycles. The Morgan fingerprint density at radius 1 is 0.276 bits per heavy atom. The van der Waals surface area contributed by atoms with Crippen LogP contribution in [0.1, 0.15) is 47.2 Å². The van der Waals surface area contributed by atoms with Crippen molar-refractivity contribution >= 4 is 0 Å². The maximum Gasteiger partial charge on any atom is 0.164 e. The molecule has 0 unspecified atom stereocenters. The largest absolute Gasteiger partial charge is 0.208 e. The first kappa shape index (κ1) is 34.1. The fourth-order valence-electron chi connectivity index (χ4n) is 9.65. The average Bonchev–Trinajstić information content (AvgIpc) is 3.59. The van der Waals surface area contributed by atoms with Gasteiger partial charge in [0.15, 0.2) is 17.5 Å². The normalized spacial score (nSPS) is 14.0. The molecule has 0 bridgehead atoms. The molecule has 8 aromatic carbocycles. The van der Waals surface area contributed by atoms with Gasteiger partial charge in [0.2, 0.25) is 0 Å². The third-order valence-electron chi connectivity index (χ3n) is 12.4. The lowest BCUT2D eigenvalue weighted by Crippen LogP contribution is -2.40. The van der Waals surface area contributed by atoms with Crippen LogP contribution in [0, 0.1) is 0 Å². The molecule has 9 aromatic rings. The van der Waals surface area contributed by atoms with Gasteiger partial charge < -0.3 is 0 Å². The molecule has 3 nitrogen and oxygen atoms in total. The van der Waals surface area contributed by atoms with Crippen LogP contribution in [-0.4, -0.2) is 15.0 Å². The zero-order valence-corrected chi connectivity index (χ0v) is 32.4. The molecular weight excluding hydrogens is 703 g/mol. The maximum absolute atomic E-state index is 5.24. The number of rotatable bonds is 5. The number of benzene rings is 8. The van der Waals surface area contributed by atoms with Crippen LogP contribution >= 0.6 is 0 Å². The van der Waals surface area contributed by atoms with E-state index >= 15 is 0 Å². The number of hydrogen-bond donors (Lipinski definition) is 0. The van der Waals surface area contributed by atoms with Gasteiger partial charge in [0.1, 0.15) is 0 Å². The van der Waals surface area contributed by atoms with Crippen molar-refractivity contribution in [1.29, 1.82) is 0 Å². The van der Waals surface area contributed by atoms with Gasteiger partial charge in [0.25, 0.3) is 0 Å². The van der Waals surface area contributed by atoms with E-state index in [9.17, 15) is 0 Å². The third kappa shape index (κ3) is 5.17. The summed E-state index contributed by atoms with van der Waals surface area (Å²) in [5.74, 6) is 1.94. The number of fused-ring (bicyclic) bond motifs is 9. The first-order valence-corrected chi connectivity index (χ1v) is 20.0. The molecule has 1 heterocycles. The molecule has 3 heteroatoms. The minimum Gasteiger partial charge on any atom is -0.208 e. The molecule has 0 atom stereocenters. The molecule has 0 saturated carbocycles. The van der Waals surface area contributed by atoms with Crippen LogP contribution in [0.3, 0.4) is 0 Å². The van der Waals surface area contributed by atoms with Gasteiger partial charge >= 0.3 is 0 Å². The summed E-state index contributed by atoms with van der Waals surface area (Å²) in [4.78, 5) is 15.5. The zero-order valence-electron chi connectivity index (χ0n) is 32.4. The maximum atomic E-state index is 5.24. The highest BCUT2D eigenvalue weighted by Crippen LogP contribution is 2.62. The minimum absolute atomic E-state index is 0.164. The summed E-state index contributed by atoms with van der Waals surface area (Å²) in [5.41, 5.74) is 17.3. The highest BCUT2D eigenvalue weighted by molar-refractivity contribution is 5.90. The highest BCUT2D eigenvalue weighted by atomic mass is 15.0. The molecule has 0 fully saturated rings. The predicted molar refractivity (Wildman–Crippen MR) is 236 cm³/mol. The van der Waals surface area contributed by atoms with Crippen LogP contribution < -0.4 is 0 Å². The van der Waals surface area contributed by atoms with Crippen LogP contribution in [0.15, 0.2) is 200 Å². The van der Waals surface area contributed by atoms with E-state index in [1.165, 1.54) is 55.6 Å². The molecule has 0 saturated heterocycles. The molecule has 1 aromatic heterocycles. The van der Waals surface area contributed by atoms with E-state index in [4.69, 9.17) is 15.0 Å². The summed E-state index contributed by atoms with van der Waals surface area (Å²) in [5, 5.41) is 0. The predicted octanol–water partition coefficient (Wildman–Crippen LogP) is 13.2. The zero-order chi connectivity index (χ0) is 38.8. The number of aromatic nitrogens is 3. The molecular formula is C55H39N3. The van der Waals surface area contributed by atoms with Crippen molar-refractivity contribution in [3.8, 4) is 67.5 Å². The SMILES string of the molecule is CC1(C)c2ccccc2C2(c3ccccc3-c3ccc(-c4nc(-c5ccccc5)nc(-c5ccc(-c6ccc(-c7ccccc7)cc6)cc5)n4)cc32)c2ccccc21. The first-order valence-electron chi connectivity index (χ1n) is 20.0. The monoisotopic (exact) mass is 741 g/mol. The van der Waals surface area contributed by atoms with Crippen LogP contribution in [0.4, 0.5) is 0 Å². The van der Waals surface area contributed by atoms with E-state index in [1.807, 2.05) is 24.3 Å². The summed E-state index contributed by atoms with van der Waals surface area (Å²) in [6.45, 7) is 4.72. The van der Waals surface area contributed by atoms with E-state index in [0.717, 1.165) is 27.8 Å². The molecule has 2 aliphatic carbocycles. The van der Waals surface area contributed by atoms with Gasteiger partial charge in [-0.25, -0.2) is 15.0 Å². The molecule has 0 N–H and O–H groups in total. The van der Waals surface area contributed by atoms with E-state index in [1.54, 1.807) is 0 Å². The summed E-state index contributed by atoms with van der Waals surface area (Å²) >= 11 is 0. The summed E-state index contributed by atoms with van der Waals surface area (Å²) in [6.07, 6.45) is 0. The van der Waals surface area contributed by atoms with Crippen molar-refractivity contribution < 1.29 is 0 Å². The van der Waals surface area contributed by atoms with Gasteiger partial charge in [-0.2, -0.15) is 0 Å². The van der Waals surface area contributed by atoms with Crippen LogP contribution in [0.25, 0.3) is 67.5 Å². The molecule has 11 rings (SSSR count). The van der Waals surface area contributed by atoms with Crippen LogP contribution in [0.5, 0.6) is 0 Å². The standard InChI is InChI=1S/C55H39N3/c1-54(2)46-21-11-13-23-48(46)55(49-24-14-12-22-47(49)54)45-20-10-9-19-43(45)44-34-33-42(35-50(44)55)53-57-51(40-17-7-4-8-18-40)56-52(58-53)41-31-29-39(30-32-41)38-27-25-37(26-28-38)36-15-5-3-6-16-36/h3-35H,1-2H3. The van der Waals surface area contributed by atoms with Crippen molar-refractivity contribution in [2.24, 2.45) is 0 Å². The summed E-state index contributed by atoms with van der Waals surface area (Å²) < 4.78 is 0. The molecule has 0 radical (unpaired) electrons. The van der Waals surface area contributed by atoms with Crippen molar-refractivity contribution in [2.45, 2.75) is 24.7 Å². The second-order valence-electron chi connectivity index (χ2n) is 16.0. The molecule has 0 amide bonds. The topological polar surface area (TPSA) is 38.7 Å². The van der Waals surface area contributed by atoms with E-state index in [2.05, 4.69) is 190 Å². The molecule has 274 valence electrons. The molecule has 58 heavy (non-hydrogen) atoms. The Kier molecular flexibility index (Phi) is 7.74. The smallest absolute Gasteiger partial charge is 0.164 e. The van der Waals surface area contributed by atoms with Crippen LogP contribution in [-0.2, 0) is 10.8 Å². The van der Waals surface area contributed by atoms with Crippen molar-refractivity contribution in [2.75, 3.05) is 0 Å². The molecule has 1 spiro atoms. The number of nitrogens with zero attached hydrogens (tertiary/aromatic N) is 3. The van der Waals surface area contributed by atoms with Crippen molar-refractivity contribution in [1.82, 2.24) is 15.0 Å². The lowest BCUT2D eigenvalue weighted by molar-refractivity contribution is 0.563. The van der Waals surface area contributed by atoms with E-state index < -0.39 is 5.41 Å². The molecule has 2 aliphatic rings. The van der Waals surface area contributed by atoms with Gasteiger partial charge in [-0.05, 0) is 72.8 Å². The Morgan fingerprint density at radius 2 is 0.621 bits per heavy atom. The summed E-state index contributed by atoms with van der Waals surface area (Å²) in [7, 11) is 0. The number of hydrogen-bond acceptors (Lipinski definition) is 3. The Labute approximate surface area is 339 Å². The van der Waals surface area contributed by atoms with Gasteiger partial charge in [-0.3, -0.25) is 0 Å². The Balaban J connectivity index is 1.06. The first-order chi connectivity index (χ1) is 28.5. The summed E-state index contributed by atoms with van der Waals surface area (Å²) in [6, 6.07) is 72.0. The fraction of sp³-hybridized carbons (Fsp3) is 0.0727. The van der Waals surface area contributed by atoms with Crippen molar-refractivity contribution in [3.63, 3.8) is 0 Å². The third-order valence-corrected chi connectivity index (χ3v) is 12.4. The van der Waals surface area contributed by atoms with Gasteiger partial charge in [-0.1, -0.05) is 208 Å². The average molecular weight is 742 g/mol. The van der Waals surface area contributed by atoms with Crippen molar-refractivity contribution in [3.05, 3.63) is 234 Å². The van der Waals surface area contributed by atoms with Crippen LogP contribution in [0.2, 0.25) is 0 Å². The Bertz CT molecular complexity index is 2950. The lowest BCUT2D eigenvalue weighted by atomic mass is 9.55. The van der Waals surface area contributed by atoms with Gasteiger partial charge in [0, 0.05) is 22.1 Å². The second kappa shape index (κ2) is 13.2. The van der Waals surface area contributed by atoms with E-state index in [0.29, 0.717) is 17.5 Å². The van der Waals surface area contributed by atoms with Gasteiger partial charge in [-0.15, -0.1) is 0 Å². The second-order valence-corrected chi connectivity index (χ2v) is 16.0. The quantitative estimate of drug-likeness (QED) is 0.176. The highest BCUT2D eigenvalue weighted by Gasteiger charge is 2.53.